The van der Waals surface area contributed by atoms with Crippen molar-refractivity contribution in [2.75, 3.05) is 0 Å². The van der Waals surface area contributed by atoms with E-state index in [2.05, 4.69) is 0 Å². The molecule has 0 unspecified atom stereocenters. The smallest absolute Gasteiger partial charge is 0.115 e. The van der Waals surface area contributed by atoms with Gasteiger partial charge >= 0.3 is 0 Å². The lowest BCUT2D eigenvalue weighted by atomic mass is 9.84. The summed E-state index contributed by atoms with van der Waals surface area (Å²) in [5.74, 6) is 0. The molecule has 3 N–H and O–H groups in total. The van der Waals surface area contributed by atoms with Crippen molar-refractivity contribution in [3.63, 3.8) is 0 Å². The molecule has 0 radical (unpaired) electrons. The van der Waals surface area contributed by atoms with Crippen molar-refractivity contribution in [1.29, 1.82) is 0 Å². The molecule has 0 spiro atoms. The first-order valence-electron chi connectivity index (χ1n) is 11.1. The summed E-state index contributed by atoms with van der Waals surface area (Å²) in [6.45, 7) is 0.623. The Morgan fingerprint density at radius 2 is 0.727 bits per heavy atom. The van der Waals surface area contributed by atoms with Crippen LogP contribution in [0.15, 0.2) is 91.0 Å². The van der Waals surface area contributed by atoms with Crippen LogP contribution in [0.1, 0.15) is 16.7 Å². The van der Waals surface area contributed by atoms with Crippen LogP contribution in [-0.2, 0) is 34.0 Å². The summed E-state index contributed by atoms with van der Waals surface area (Å²) < 4.78 is 17.9. The van der Waals surface area contributed by atoms with Crippen molar-refractivity contribution in [2.45, 2.75) is 56.4 Å². The SMILES string of the molecule is O[C@@H]1[C@H](O)[C@@H](OCc2ccccc2)[C@H](OCc2ccccc2)[C@@H](O)[C@@H]1OCc1ccccc1. The van der Waals surface area contributed by atoms with Crippen molar-refractivity contribution in [3.05, 3.63) is 108 Å². The van der Waals surface area contributed by atoms with Gasteiger partial charge in [-0.25, -0.2) is 0 Å². The minimum absolute atomic E-state index is 0.188. The standard InChI is InChI=1S/C27H30O6/c28-22-23(29)26(32-17-20-12-6-2-7-13-20)27(33-18-21-14-8-3-9-15-21)24(30)25(22)31-16-19-10-4-1-5-11-19/h1-15,22-30H,16-18H2/t22-,23+,24+,25-,26-,27-/m1/s1. The van der Waals surface area contributed by atoms with E-state index in [9.17, 15) is 15.3 Å². The molecule has 6 heteroatoms. The third-order valence-corrected chi connectivity index (χ3v) is 5.88. The number of rotatable bonds is 9. The van der Waals surface area contributed by atoms with E-state index in [-0.39, 0.29) is 19.8 Å². The monoisotopic (exact) mass is 450 g/mol. The highest BCUT2D eigenvalue weighted by molar-refractivity contribution is 5.16. The molecule has 174 valence electrons. The lowest BCUT2D eigenvalue weighted by Gasteiger charge is -2.45. The average molecular weight is 451 g/mol. The van der Waals surface area contributed by atoms with Crippen LogP contribution in [0.3, 0.4) is 0 Å². The molecule has 0 aliphatic heterocycles. The minimum Gasteiger partial charge on any atom is -0.387 e. The maximum atomic E-state index is 11.1. The van der Waals surface area contributed by atoms with E-state index in [1.54, 1.807) is 0 Å². The van der Waals surface area contributed by atoms with E-state index in [1.165, 1.54) is 0 Å². The van der Waals surface area contributed by atoms with E-state index in [4.69, 9.17) is 14.2 Å². The van der Waals surface area contributed by atoms with Crippen LogP contribution in [0.5, 0.6) is 0 Å². The summed E-state index contributed by atoms with van der Waals surface area (Å²) >= 11 is 0. The Bertz CT molecular complexity index is 952. The van der Waals surface area contributed by atoms with Crippen LogP contribution in [-0.4, -0.2) is 51.9 Å². The molecular weight excluding hydrogens is 420 g/mol. The zero-order valence-corrected chi connectivity index (χ0v) is 18.3. The predicted octanol–water partition coefficient (Wildman–Crippen LogP) is 2.84. The number of hydrogen-bond donors (Lipinski definition) is 3. The van der Waals surface area contributed by atoms with Crippen LogP contribution in [0, 0.1) is 0 Å². The fourth-order valence-electron chi connectivity index (χ4n) is 4.05. The Balaban J connectivity index is 1.49. The molecule has 0 bridgehead atoms. The molecule has 0 saturated heterocycles. The van der Waals surface area contributed by atoms with E-state index in [1.807, 2.05) is 91.0 Å². The fraction of sp³-hybridized carbons (Fsp3) is 0.333. The van der Waals surface area contributed by atoms with E-state index >= 15 is 0 Å². The highest BCUT2D eigenvalue weighted by Gasteiger charge is 2.51. The predicted molar refractivity (Wildman–Crippen MR) is 123 cm³/mol. The van der Waals surface area contributed by atoms with Gasteiger partial charge in [-0.1, -0.05) is 91.0 Å². The van der Waals surface area contributed by atoms with Crippen LogP contribution >= 0.6 is 0 Å². The fourth-order valence-corrected chi connectivity index (χ4v) is 4.05. The third kappa shape index (κ3) is 6.06. The van der Waals surface area contributed by atoms with Gasteiger partial charge < -0.3 is 29.5 Å². The molecule has 1 saturated carbocycles. The van der Waals surface area contributed by atoms with Gasteiger partial charge in [-0.2, -0.15) is 0 Å². The van der Waals surface area contributed by atoms with Crippen molar-refractivity contribution in [3.8, 4) is 0 Å². The second kappa shape index (κ2) is 11.5. The maximum absolute atomic E-state index is 11.1. The first kappa shape index (κ1) is 23.6. The number of aliphatic hydroxyl groups is 3. The highest BCUT2D eigenvalue weighted by Crippen LogP contribution is 2.30. The molecule has 4 rings (SSSR count). The third-order valence-electron chi connectivity index (χ3n) is 5.88. The van der Waals surface area contributed by atoms with Crippen LogP contribution < -0.4 is 0 Å². The first-order valence-corrected chi connectivity index (χ1v) is 11.1. The van der Waals surface area contributed by atoms with E-state index < -0.39 is 36.6 Å². The van der Waals surface area contributed by atoms with Gasteiger partial charge in [0.2, 0.25) is 0 Å². The summed E-state index contributed by atoms with van der Waals surface area (Å²) in [5.41, 5.74) is 2.74. The van der Waals surface area contributed by atoms with Crippen molar-refractivity contribution in [2.24, 2.45) is 0 Å². The molecule has 6 atom stereocenters. The first-order chi connectivity index (χ1) is 16.1. The molecule has 6 nitrogen and oxygen atoms in total. The largest absolute Gasteiger partial charge is 0.387 e. The second-order valence-electron chi connectivity index (χ2n) is 8.26. The number of aliphatic hydroxyl groups excluding tert-OH is 3. The highest BCUT2D eigenvalue weighted by atomic mass is 16.6. The van der Waals surface area contributed by atoms with Gasteiger partial charge in [0.05, 0.1) is 19.8 Å². The lowest BCUT2D eigenvalue weighted by Crippen LogP contribution is -2.65. The molecule has 1 aliphatic rings. The van der Waals surface area contributed by atoms with Crippen LogP contribution in [0.25, 0.3) is 0 Å². The van der Waals surface area contributed by atoms with Gasteiger partial charge in [0, 0.05) is 0 Å². The Hall–Kier alpha value is -2.58. The number of benzene rings is 3. The zero-order valence-electron chi connectivity index (χ0n) is 18.3. The van der Waals surface area contributed by atoms with Gasteiger partial charge in [0.25, 0.3) is 0 Å². The number of ether oxygens (including phenoxy) is 3. The molecule has 33 heavy (non-hydrogen) atoms. The molecule has 3 aromatic rings. The molecule has 0 aromatic heterocycles. The lowest BCUT2D eigenvalue weighted by molar-refractivity contribution is -0.262. The summed E-state index contributed by atoms with van der Waals surface area (Å²) in [6.07, 6.45) is -6.68. The normalized spacial score (nSPS) is 27.4. The van der Waals surface area contributed by atoms with Crippen molar-refractivity contribution in [1.82, 2.24) is 0 Å². The average Bonchev–Trinajstić information content (AvgIpc) is 2.86. The van der Waals surface area contributed by atoms with E-state index in [0.717, 1.165) is 16.7 Å². The van der Waals surface area contributed by atoms with Gasteiger partial charge in [-0.3, -0.25) is 0 Å². The molecule has 0 heterocycles. The van der Waals surface area contributed by atoms with Crippen LogP contribution in [0.4, 0.5) is 0 Å². The summed E-state index contributed by atoms with van der Waals surface area (Å²) in [7, 11) is 0. The molecule has 0 amide bonds. The Morgan fingerprint density at radius 3 is 1.12 bits per heavy atom. The molecule has 3 aromatic carbocycles. The quantitative estimate of drug-likeness (QED) is 0.465. The second-order valence-corrected chi connectivity index (χ2v) is 8.26. The molecular formula is C27H30O6. The van der Waals surface area contributed by atoms with Crippen LogP contribution in [0.2, 0.25) is 0 Å². The Kier molecular flexibility index (Phi) is 8.23. The van der Waals surface area contributed by atoms with Gasteiger partial charge in [0.1, 0.15) is 36.6 Å². The van der Waals surface area contributed by atoms with E-state index in [0.29, 0.717) is 0 Å². The topological polar surface area (TPSA) is 88.4 Å². The summed E-state index contributed by atoms with van der Waals surface area (Å²) in [6, 6.07) is 28.6. The minimum atomic E-state index is -1.33. The summed E-state index contributed by atoms with van der Waals surface area (Å²) in [4.78, 5) is 0. The van der Waals surface area contributed by atoms with Gasteiger partial charge in [-0.15, -0.1) is 0 Å². The Labute approximate surface area is 194 Å². The summed E-state index contributed by atoms with van der Waals surface area (Å²) in [5, 5.41) is 32.8. The zero-order chi connectivity index (χ0) is 23.0. The van der Waals surface area contributed by atoms with Gasteiger partial charge in [-0.05, 0) is 16.7 Å². The Morgan fingerprint density at radius 1 is 0.424 bits per heavy atom. The van der Waals surface area contributed by atoms with Gasteiger partial charge in [0.15, 0.2) is 0 Å². The number of hydrogen-bond acceptors (Lipinski definition) is 6. The van der Waals surface area contributed by atoms with Crippen molar-refractivity contribution >= 4 is 0 Å². The molecule has 1 aliphatic carbocycles. The van der Waals surface area contributed by atoms with Crippen molar-refractivity contribution < 1.29 is 29.5 Å². The molecule has 1 fully saturated rings. The maximum Gasteiger partial charge on any atom is 0.115 e.